The molecule has 0 aliphatic rings. The lowest BCUT2D eigenvalue weighted by atomic mass is 10.2. The molecule has 0 aliphatic heterocycles. The van der Waals surface area contributed by atoms with Crippen LogP contribution in [0.1, 0.15) is 39.3 Å². The Labute approximate surface area is 163 Å². The summed E-state index contributed by atoms with van der Waals surface area (Å²) in [5, 5.41) is 2.92. The van der Waals surface area contributed by atoms with Crippen LogP contribution in [0.4, 0.5) is 4.79 Å². The minimum atomic E-state index is -0.170. The van der Waals surface area contributed by atoms with E-state index in [4.69, 9.17) is 4.74 Å². The average molecular weight is 381 g/mol. The lowest BCUT2D eigenvalue weighted by Crippen LogP contribution is -2.48. The first-order valence-electron chi connectivity index (χ1n) is 9.78. The summed E-state index contributed by atoms with van der Waals surface area (Å²) in [6.45, 7) is 8.88. The van der Waals surface area contributed by atoms with Crippen molar-refractivity contribution >= 4 is 11.9 Å². The van der Waals surface area contributed by atoms with Crippen LogP contribution < -0.4 is 5.32 Å². The highest BCUT2D eigenvalue weighted by molar-refractivity contribution is 5.84. The normalized spacial score (nSPS) is 10.9. The van der Waals surface area contributed by atoms with E-state index in [0.717, 1.165) is 18.5 Å². The molecule has 27 heavy (non-hydrogen) atoms. The Kier molecular flexibility index (Phi) is 10.6. The fraction of sp³-hybridized carbons (Fsp3) is 0.700. The first-order valence-corrected chi connectivity index (χ1v) is 9.78. The molecule has 7 heteroatoms. The Balaban J connectivity index is 2.79. The van der Waals surface area contributed by atoms with Crippen LogP contribution in [0.5, 0.6) is 0 Å². The average Bonchev–Trinajstić information content (AvgIpc) is 3.02. The fourth-order valence-electron chi connectivity index (χ4n) is 2.76. The minimum absolute atomic E-state index is 0.0699. The standard InChI is InChI=1S/C20H36N4O3/c1-6-7-10-21-20(26)24(14-17(2)3)16-19(25)23(12-13-27-5)15-18-9-8-11-22(18)4/h8-9,11,17H,6-7,10,12-16H2,1-5H3,(H,21,26). The molecular formula is C20H36N4O3. The van der Waals surface area contributed by atoms with E-state index >= 15 is 0 Å². The lowest BCUT2D eigenvalue weighted by Gasteiger charge is -2.29. The number of nitrogens with one attached hydrogen (secondary N) is 1. The molecule has 3 amide bonds. The molecule has 0 aromatic carbocycles. The molecule has 0 spiro atoms. The van der Waals surface area contributed by atoms with E-state index in [1.54, 1.807) is 16.9 Å². The van der Waals surface area contributed by atoms with Gasteiger partial charge in [0.1, 0.15) is 6.54 Å². The Hall–Kier alpha value is -2.02. The molecule has 0 radical (unpaired) electrons. The maximum Gasteiger partial charge on any atom is 0.317 e. The number of hydrogen-bond acceptors (Lipinski definition) is 3. The van der Waals surface area contributed by atoms with Gasteiger partial charge in [0.15, 0.2) is 0 Å². The summed E-state index contributed by atoms with van der Waals surface area (Å²) in [5.41, 5.74) is 1.04. The molecule has 0 unspecified atom stereocenters. The number of carbonyl (C=O) groups is 2. The molecule has 1 rings (SSSR count). The van der Waals surface area contributed by atoms with Gasteiger partial charge in [0.2, 0.25) is 5.91 Å². The van der Waals surface area contributed by atoms with Crippen molar-refractivity contribution in [2.24, 2.45) is 13.0 Å². The highest BCUT2D eigenvalue weighted by atomic mass is 16.5. The second-order valence-electron chi connectivity index (χ2n) is 7.28. The maximum atomic E-state index is 13.0. The second kappa shape index (κ2) is 12.4. The smallest absolute Gasteiger partial charge is 0.317 e. The van der Waals surface area contributed by atoms with Gasteiger partial charge < -0.3 is 24.4 Å². The van der Waals surface area contributed by atoms with Crippen molar-refractivity contribution in [3.63, 3.8) is 0 Å². The molecule has 7 nitrogen and oxygen atoms in total. The number of nitrogens with zero attached hydrogens (tertiary/aromatic N) is 3. The van der Waals surface area contributed by atoms with E-state index in [2.05, 4.69) is 12.2 Å². The van der Waals surface area contributed by atoms with Crippen LogP contribution in [0.25, 0.3) is 0 Å². The zero-order valence-electron chi connectivity index (χ0n) is 17.5. The number of aromatic nitrogens is 1. The molecule has 0 saturated carbocycles. The summed E-state index contributed by atoms with van der Waals surface area (Å²) in [7, 11) is 3.58. The van der Waals surface area contributed by atoms with Gasteiger partial charge in [-0.05, 0) is 24.5 Å². The highest BCUT2D eigenvalue weighted by Gasteiger charge is 2.22. The number of rotatable bonds is 12. The van der Waals surface area contributed by atoms with Gasteiger partial charge in [-0.15, -0.1) is 0 Å². The lowest BCUT2D eigenvalue weighted by molar-refractivity contribution is -0.133. The summed E-state index contributed by atoms with van der Waals surface area (Å²) in [4.78, 5) is 28.8. The van der Waals surface area contributed by atoms with Crippen molar-refractivity contribution in [3.8, 4) is 0 Å². The summed E-state index contributed by atoms with van der Waals surface area (Å²) in [6, 6.07) is 3.79. The largest absolute Gasteiger partial charge is 0.383 e. The van der Waals surface area contributed by atoms with Crippen LogP contribution in [0, 0.1) is 5.92 Å². The number of unbranched alkanes of at least 4 members (excludes halogenated alkanes) is 1. The van der Waals surface area contributed by atoms with E-state index in [1.807, 2.05) is 43.8 Å². The third-order valence-corrected chi connectivity index (χ3v) is 4.33. The van der Waals surface area contributed by atoms with Crippen molar-refractivity contribution in [1.29, 1.82) is 0 Å². The zero-order valence-corrected chi connectivity index (χ0v) is 17.5. The Morgan fingerprint density at radius 2 is 2.04 bits per heavy atom. The molecular weight excluding hydrogens is 344 g/mol. The molecule has 1 aromatic rings. The van der Waals surface area contributed by atoms with Crippen LogP contribution >= 0.6 is 0 Å². The first kappa shape index (κ1) is 23.0. The van der Waals surface area contributed by atoms with Crippen molar-refractivity contribution < 1.29 is 14.3 Å². The number of carbonyl (C=O) groups excluding carboxylic acids is 2. The van der Waals surface area contributed by atoms with Gasteiger partial charge in [-0.25, -0.2) is 4.79 Å². The number of ether oxygens (including phenoxy) is 1. The molecule has 0 aliphatic carbocycles. The van der Waals surface area contributed by atoms with Gasteiger partial charge in [-0.2, -0.15) is 0 Å². The molecule has 1 heterocycles. The predicted molar refractivity (Wildman–Crippen MR) is 107 cm³/mol. The van der Waals surface area contributed by atoms with Crippen LogP contribution in [0.2, 0.25) is 0 Å². The third kappa shape index (κ3) is 8.47. The summed E-state index contributed by atoms with van der Waals surface area (Å²) < 4.78 is 7.16. The summed E-state index contributed by atoms with van der Waals surface area (Å²) >= 11 is 0. The van der Waals surface area contributed by atoms with Crippen molar-refractivity contribution in [2.45, 2.75) is 40.2 Å². The van der Waals surface area contributed by atoms with Gasteiger partial charge in [0.25, 0.3) is 0 Å². The number of methoxy groups -OCH3 is 1. The second-order valence-corrected chi connectivity index (χ2v) is 7.28. The third-order valence-electron chi connectivity index (χ3n) is 4.33. The van der Waals surface area contributed by atoms with E-state index in [-0.39, 0.29) is 24.4 Å². The van der Waals surface area contributed by atoms with Crippen molar-refractivity contribution in [1.82, 2.24) is 19.7 Å². The SMILES string of the molecule is CCCCNC(=O)N(CC(=O)N(CCOC)Cc1cccn1C)CC(C)C. The van der Waals surface area contributed by atoms with Crippen molar-refractivity contribution in [3.05, 3.63) is 24.0 Å². The van der Waals surface area contributed by atoms with Crippen LogP contribution in [-0.4, -0.2) is 66.2 Å². The number of urea groups is 1. The number of hydrogen-bond donors (Lipinski definition) is 1. The van der Waals surface area contributed by atoms with Gasteiger partial charge >= 0.3 is 6.03 Å². The molecule has 154 valence electrons. The molecule has 1 N–H and O–H groups in total. The molecule has 0 atom stereocenters. The van der Waals surface area contributed by atoms with Crippen molar-refractivity contribution in [2.75, 3.05) is 39.9 Å². The maximum absolute atomic E-state index is 13.0. The monoisotopic (exact) mass is 380 g/mol. The topological polar surface area (TPSA) is 66.8 Å². The van der Waals surface area contributed by atoms with Crippen LogP contribution in [0.15, 0.2) is 18.3 Å². The fourth-order valence-corrected chi connectivity index (χ4v) is 2.76. The minimum Gasteiger partial charge on any atom is -0.383 e. The molecule has 0 fully saturated rings. The van der Waals surface area contributed by atoms with E-state index in [9.17, 15) is 9.59 Å². The van der Waals surface area contributed by atoms with Crippen LogP contribution in [0.3, 0.4) is 0 Å². The zero-order chi connectivity index (χ0) is 20.2. The van der Waals surface area contributed by atoms with E-state index < -0.39 is 0 Å². The highest BCUT2D eigenvalue weighted by Crippen LogP contribution is 2.08. The van der Waals surface area contributed by atoms with E-state index in [0.29, 0.717) is 32.8 Å². The van der Waals surface area contributed by atoms with E-state index in [1.165, 1.54) is 0 Å². The Morgan fingerprint density at radius 3 is 2.59 bits per heavy atom. The Bertz CT molecular complexity index is 571. The van der Waals surface area contributed by atoms with Gasteiger partial charge in [0.05, 0.1) is 13.2 Å². The van der Waals surface area contributed by atoms with Gasteiger partial charge in [-0.3, -0.25) is 4.79 Å². The van der Waals surface area contributed by atoms with Gasteiger partial charge in [0, 0.05) is 45.7 Å². The van der Waals surface area contributed by atoms with Crippen LogP contribution in [-0.2, 0) is 23.1 Å². The van der Waals surface area contributed by atoms with Gasteiger partial charge in [-0.1, -0.05) is 27.2 Å². The first-order chi connectivity index (χ1) is 12.9. The summed E-state index contributed by atoms with van der Waals surface area (Å²) in [6.07, 6.45) is 3.91. The summed E-state index contributed by atoms with van der Waals surface area (Å²) in [5.74, 6) is 0.217. The Morgan fingerprint density at radius 1 is 1.30 bits per heavy atom. The molecule has 0 saturated heterocycles. The quantitative estimate of drug-likeness (QED) is 0.567. The number of aryl methyl sites for hydroxylation is 1. The molecule has 0 bridgehead atoms. The predicted octanol–water partition coefficient (Wildman–Crippen LogP) is 2.47. The number of amides is 3. The molecule has 1 aromatic heterocycles.